The maximum atomic E-state index is 12.0. The van der Waals surface area contributed by atoms with Gasteiger partial charge in [0.05, 0.1) is 7.11 Å². The van der Waals surface area contributed by atoms with Gasteiger partial charge in [-0.25, -0.2) is 0 Å². The molecule has 116 valence electrons. The third-order valence-electron chi connectivity index (χ3n) is 2.80. The Balaban J connectivity index is 2.39. The number of carbonyl (C=O) groups is 3. The van der Waals surface area contributed by atoms with Gasteiger partial charge in [0.2, 0.25) is 5.91 Å². The van der Waals surface area contributed by atoms with Crippen LogP contribution in [0.5, 0.6) is 0 Å². The lowest BCUT2D eigenvalue weighted by Gasteiger charge is -2.20. The first-order chi connectivity index (χ1) is 10.1. The third kappa shape index (κ3) is 5.95. The second kappa shape index (κ2) is 9.12. The normalized spacial score (nSPS) is 10.0. The second-order valence-electron chi connectivity index (χ2n) is 4.41. The van der Waals surface area contributed by atoms with E-state index in [2.05, 4.69) is 10.1 Å². The number of carbonyl (C=O) groups excluding carboxylic acids is 3. The van der Waals surface area contributed by atoms with Crippen LogP contribution in [-0.4, -0.2) is 49.4 Å². The van der Waals surface area contributed by atoms with Crippen molar-refractivity contribution in [2.75, 3.05) is 26.7 Å². The fourth-order valence-electron chi connectivity index (χ4n) is 1.72. The number of hydrogen-bond donors (Lipinski definition) is 1. The Morgan fingerprint density at radius 2 is 2.14 bits per heavy atom. The van der Waals surface area contributed by atoms with Crippen molar-refractivity contribution in [2.45, 2.75) is 19.8 Å². The van der Waals surface area contributed by atoms with Crippen molar-refractivity contribution >= 4 is 29.1 Å². The van der Waals surface area contributed by atoms with Crippen LogP contribution in [0.2, 0.25) is 0 Å². The van der Waals surface area contributed by atoms with E-state index in [4.69, 9.17) is 0 Å². The van der Waals surface area contributed by atoms with Crippen molar-refractivity contribution in [3.05, 3.63) is 22.4 Å². The van der Waals surface area contributed by atoms with Gasteiger partial charge in [0.1, 0.15) is 6.54 Å². The highest BCUT2D eigenvalue weighted by Crippen LogP contribution is 2.05. The number of amides is 2. The van der Waals surface area contributed by atoms with Gasteiger partial charge in [0, 0.05) is 30.5 Å². The predicted octanol–water partition coefficient (Wildman–Crippen LogP) is 1.28. The van der Waals surface area contributed by atoms with Gasteiger partial charge < -0.3 is 15.0 Å². The molecular weight excluding hydrogens is 292 g/mol. The second-order valence-corrected chi connectivity index (χ2v) is 5.19. The highest BCUT2D eigenvalue weighted by atomic mass is 32.1. The van der Waals surface area contributed by atoms with Crippen molar-refractivity contribution in [3.8, 4) is 0 Å². The molecule has 0 radical (unpaired) electrons. The third-order valence-corrected chi connectivity index (χ3v) is 3.48. The molecule has 0 atom stereocenters. The van der Waals surface area contributed by atoms with E-state index in [1.807, 2.05) is 12.3 Å². The van der Waals surface area contributed by atoms with E-state index in [-0.39, 0.29) is 31.3 Å². The van der Waals surface area contributed by atoms with Crippen LogP contribution >= 0.6 is 11.3 Å². The monoisotopic (exact) mass is 312 g/mol. The molecule has 0 aliphatic carbocycles. The van der Waals surface area contributed by atoms with Gasteiger partial charge in [-0.15, -0.1) is 0 Å². The zero-order valence-electron chi connectivity index (χ0n) is 12.3. The average molecular weight is 312 g/mol. The van der Waals surface area contributed by atoms with Crippen LogP contribution in [0.15, 0.2) is 16.8 Å². The van der Waals surface area contributed by atoms with Gasteiger partial charge in [-0.3, -0.25) is 14.4 Å². The fraction of sp³-hybridized carbons (Fsp3) is 0.500. The predicted molar refractivity (Wildman–Crippen MR) is 80.2 cm³/mol. The molecule has 2 amide bonds. The molecular formula is C14H20N2O4S. The Kier molecular flexibility index (Phi) is 7.45. The van der Waals surface area contributed by atoms with Gasteiger partial charge in [-0.05, 0) is 17.9 Å². The minimum atomic E-state index is -0.445. The van der Waals surface area contributed by atoms with E-state index >= 15 is 0 Å². The molecule has 6 nitrogen and oxygen atoms in total. The first-order valence-corrected chi connectivity index (χ1v) is 7.67. The summed E-state index contributed by atoms with van der Waals surface area (Å²) in [7, 11) is 1.29. The first kappa shape index (κ1) is 17.2. The quantitative estimate of drug-likeness (QED) is 0.734. The van der Waals surface area contributed by atoms with Gasteiger partial charge in [-0.2, -0.15) is 11.3 Å². The van der Waals surface area contributed by atoms with E-state index in [1.54, 1.807) is 11.4 Å². The summed E-state index contributed by atoms with van der Waals surface area (Å²) in [5, 5.41) is 6.25. The van der Waals surface area contributed by atoms with E-state index < -0.39 is 5.97 Å². The zero-order valence-corrected chi connectivity index (χ0v) is 13.1. The van der Waals surface area contributed by atoms with Crippen LogP contribution in [0, 0.1) is 0 Å². The number of rotatable bonds is 8. The fourth-order valence-corrected chi connectivity index (χ4v) is 2.36. The SMILES string of the molecule is CCCN(CC(=O)OC)C(=O)CCNC(=O)c1ccsc1. The van der Waals surface area contributed by atoms with E-state index in [0.717, 1.165) is 6.42 Å². The number of hydrogen-bond acceptors (Lipinski definition) is 5. The summed E-state index contributed by atoms with van der Waals surface area (Å²) in [6.45, 7) is 2.61. The van der Waals surface area contributed by atoms with E-state index in [9.17, 15) is 14.4 Å². The van der Waals surface area contributed by atoms with Gasteiger partial charge in [-0.1, -0.05) is 6.92 Å². The van der Waals surface area contributed by atoms with Crippen molar-refractivity contribution in [1.29, 1.82) is 0 Å². The van der Waals surface area contributed by atoms with Crippen molar-refractivity contribution in [2.24, 2.45) is 0 Å². The summed E-state index contributed by atoms with van der Waals surface area (Å²) in [5.41, 5.74) is 0.590. The van der Waals surface area contributed by atoms with E-state index in [1.165, 1.54) is 23.3 Å². The molecule has 0 unspecified atom stereocenters. The summed E-state index contributed by atoms with van der Waals surface area (Å²) in [5.74, 6) is -0.814. The van der Waals surface area contributed by atoms with Crippen LogP contribution in [0.4, 0.5) is 0 Å². The molecule has 0 saturated carbocycles. The smallest absolute Gasteiger partial charge is 0.325 e. The van der Waals surface area contributed by atoms with Crippen molar-refractivity contribution in [1.82, 2.24) is 10.2 Å². The minimum Gasteiger partial charge on any atom is -0.468 e. The Bertz CT molecular complexity index is 473. The topological polar surface area (TPSA) is 75.7 Å². The molecule has 0 spiro atoms. The molecule has 0 aliphatic rings. The van der Waals surface area contributed by atoms with Gasteiger partial charge >= 0.3 is 5.97 Å². The van der Waals surface area contributed by atoms with Crippen LogP contribution in [0.3, 0.4) is 0 Å². The number of nitrogens with zero attached hydrogens (tertiary/aromatic N) is 1. The van der Waals surface area contributed by atoms with Crippen LogP contribution in [0.1, 0.15) is 30.1 Å². The lowest BCUT2D eigenvalue weighted by atomic mass is 10.3. The Morgan fingerprint density at radius 1 is 1.38 bits per heavy atom. The van der Waals surface area contributed by atoms with E-state index in [0.29, 0.717) is 12.1 Å². The molecule has 1 aromatic rings. The minimum absolute atomic E-state index is 0.0539. The molecule has 0 bridgehead atoms. The maximum absolute atomic E-state index is 12.0. The maximum Gasteiger partial charge on any atom is 0.325 e. The summed E-state index contributed by atoms with van der Waals surface area (Å²) in [6.07, 6.45) is 0.914. The van der Waals surface area contributed by atoms with Gasteiger partial charge in [0.25, 0.3) is 5.91 Å². The number of ether oxygens (including phenoxy) is 1. The zero-order chi connectivity index (χ0) is 15.7. The first-order valence-electron chi connectivity index (χ1n) is 6.73. The molecule has 21 heavy (non-hydrogen) atoms. The molecule has 0 aliphatic heterocycles. The van der Waals surface area contributed by atoms with Crippen LogP contribution < -0.4 is 5.32 Å². The molecule has 0 fully saturated rings. The standard InChI is InChI=1S/C14H20N2O4S/c1-3-7-16(9-13(18)20-2)12(17)4-6-15-14(19)11-5-8-21-10-11/h5,8,10H,3-4,6-7,9H2,1-2H3,(H,15,19). The number of esters is 1. The molecule has 0 aromatic carbocycles. The molecule has 7 heteroatoms. The summed E-state index contributed by atoms with van der Waals surface area (Å²) >= 11 is 1.44. The molecule has 0 saturated heterocycles. The molecule has 1 rings (SSSR count). The van der Waals surface area contributed by atoms with Crippen molar-refractivity contribution in [3.63, 3.8) is 0 Å². The average Bonchev–Trinajstić information content (AvgIpc) is 3.00. The van der Waals surface area contributed by atoms with Crippen molar-refractivity contribution < 1.29 is 19.1 Å². The lowest BCUT2D eigenvalue weighted by Crippen LogP contribution is -2.38. The summed E-state index contributed by atoms with van der Waals surface area (Å²) in [4.78, 5) is 36.4. The summed E-state index contributed by atoms with van der Waals surface area (Å²) < 4.78 is 4.57. The summed E-state index contributed by atoms with van der Waals surface area (Å²) in [6, 6.07) is 1.72. The number of thiophene rings is 1. The van der Waals surface area contributed by atoms with Gasteiger partial charge in [0.15, 0.2) is 0 Å². The molecule has 1 heterocycles. The number of nitrogens with one attached hydrogen (secondary N) is 1. The molecule has 1 aromatic heterocycles. The lowest BCUT2D eigenvalue weighted by molar-refractivity contribution is -0.147. The van der Waals surface area contributed by atoms with Crippen LogP contribution in [0.25, 0.3) is 0 Å². The Morgan fingerprint density at radius 3 is 2.71 bits per heavy atom. The Hall–Kier alpha value is -1.89. The Labute approximate surface area is 128 Å². The highest BCUT2D eigenvalue weighted by Gasteiger charge is 2.16. The van der Waals surface area contributed by atoms with Crippen LogP contribution in [-0.2, 0) is 14.3 Å². The number of methoxy groups -OCH3 is 1. The highest BCUT2D eigenvalue weighted by molar-refractivity contribution is 7.08. The largest absolute Gasteiger partial charge is 0.468 e. The molecule has 1 N–H and O–H groups in total.